The molecule has 19 heavy (non-hydrogen) atoms. The topological polar surface area (TPSA) is 72.2 Å². The highest BCUT2D eigenvalue weighted by atomic mass is 16.4. The number of rotatable bonds is 3. The van der Waals surface area contributed by atoms with Crippen LogP contribution in [0, 0.1) is 5.41 Å². The molecular formula is C14H14N2O3. The molecule has 0 bridgehead atoms. The average Bonchev–Trinajstić information content (AvgIpc) is 2.68. The van der Waals surface area contributed by atoms with Crippen LogP contribution in [0.25, 0.3) is 11.0 Å². The van der Waals surface area contributed by atoms with E-state index in [-0.39, 0.29) is 5.78 Å². The number of carboxylic acid groups (broad SMARTS) is 1. The number of fused-ring (bicyclic) bond motifs is 1. The number of carbonyl (C=O) groups is 2. The van der Waals surface area contributed by atoms with E-state index in [4.69, 9.17) is 0 Å². The van der Waals surface area contributed by atoms with E-state index in [0.717, 1.165) is 11.9 Å². The summed E-state index contributed by atoms with van der Waals surface area (Å²) in [5, 5.41) is 9.29. The van der Waals surface area contributed by atoms with Crippen molar-refractivity contribution in [2.24, 2.45) is 12.5 Å². The van der Waals surface area contributed by atoms with E-state index in [1.165, 1.54) is 0 Å². The number of imidazole rings is 1. The summed E-state index contributed by atoms with van der Waals surface area (Å²) in [5.74, 6) is -1.30. The third-order valence-corrected chi connectivity index (χ3v) is 4.04. The maximum atomic E-state index is 12.4. The maximum absolute atomic E-state index is 12.4. The summed E-state index contributed by atoms with van der Waals surface area (Å²) in [6.45, 7) is 0. The lowest BCUT2D eigenvalue weighted by Gasteiger charge is -2.35. The van der Waals surface area contributed by atoms with Crippen molar-refractivity contribution in [3.8, 4) is 0 Å². The predicted molar refractivity (Wildman–Crippen MR) is 69.0 cm³/mol. The lowest BCUT2D eigenvalue weighted by atomic mass is 9.64. The third kappa shape index (κ3) is 1.58. The van der Waals surface area contributed by atoms with Crippen molar-refractivity contribution in [3.63, 3.8) is 0 Å². The Hall–Kier alpha value is -2.17. The number of hydrogen-bond acceptors (Lipinski definition) is 3. The minimum atomic E-state index is -1.21. The number of ketones is 1. The van der Waals surface area contributed by atoms with Gasteiger partial charge in [0.05, 0.1) is 17.4 Å². The number of carboxylic acids is 1. The molecule has 1 saturated carbocycles. The zero-order chi connectivity index (χ0) is 13.6. The Labute approximate surface area is 109 Å². The van der Waals surface area contributed by atoms with Gasteiger partial charge in [-0.2, -0.15) is 0 Å². The molecule has 0 spiro atoms. The van der Waals surface area contributed by atoms with Gasteiger partial charge in [0.2, 0.25) is 0 Å². The zero-order valence-electron chi connectivity index (χ0n) is 10.6. The second-order valence-electron chi connectivity index (χ2n) is 5.13. The first-order valence-corrected chi connectivity index (χ1v) is 6.24. The Balaban J connectivity index is 2.04. The van der Waals surface area contributed by atoms with Gasteiger partial charge < -0.3 is 9.67 Å². The first kappa shape index (κ1) is 11.9. The Morgan fingerprint density at radius 2 is 2.11 bits per heavy atom. The second kappa shape index (κ2) is 3.91. The number of Topliss-reactive ketones (excluding diaryl/α,β-unsaturated/α-hetero) is 1. The number of aliphatic carboxylic acids is 1. The fourth-order valence-corrected chi connectivity index (χ4v) is 2.62. The van der Waals surface area contributed by atoms with Crippen molar-refractivity contribution in [2.75, 3.05) is 0 Å². The summed E-state index contributed by atoms with van der Waals surface area (Å²) < 4.78 is 1.86. The molecule has 0 radical (unpaired) electrons. The van der Waals surface area contributed by atoms with E-state index >= 15 is 0 Å². The predicted octanol–water partition coefficient (Wildman–Crippen LogP) is 2.01. The van der Waals surface area contributed by atoms with E-state index in [1.54, 1.807) is 18.5 Å². The van der Waals surface area contributed by atoms with Gasteiger partial charge in [0, 0.05) is 12.6 Å². The number of nitrogens with zero attached hydrogens (tertiary/aromatic N) is 2. The van der Waals surface area contributed by atoms with Crippen molar-refractivity contribution in [1.82, 2.24) is 9.55 Å². The first-order chi connectivity index (χ1) is 9.04. The van der Waals surface area contributed by atoms with Gasteiger partial charge in [-0.3, -0.25) is 9.59 Å². The summed E-state index contributed by atoms with van der Waals surface area (Å²) in [6, 6.07) is 5.18. The zero-order valence-corrected chi connectivity index (χ0v) is 10.6. The molecule has 1 fully saturated rings. The highest BCUT2D eigenvalue weighted by Crippen LogP contribution is 2.44. The van der Waals surface area contributed by atoms with Gasteiger partial charge >= 0.3 is 5.97 Å². The minimum absolute atomic E-state index is 0.293. The van der Waals surface area contributed by atoms with Crippen LogP contribution in [0.3, 0.4) is 0 Å². The molecule has 2 aromatic rings. The Bertz CT molecular complexity index is 683. The van der Waals surface area contributed by atoms with Crippen LogP contribution < -0.4 is 0 Å². The fraction of sp³-hybridized carbons (Fsp3) is 0.357. The van der Waals surface area contributed by atoms with Crippen molar-refractivity contribution in [1.29, 1.82) is 0 Å². The number of hydrogen-bond donors (Lipinski definition) is 1. The summed E-state index contributed by atoms with van der Waals surface area (Å²) in [6.07, 6.45) is 3.34. The molecule has 1 aromatic heterocycles. The number of aryl methyl sites for hydroxylation is 1. The van der Waals surface area contributed by atoms with Crippen molar-refractivity contribution in [2.45, 2.75) is 19.3 Å². The van der Waals surface area contributed by atoms with Gasteiger partial charge in [0.15, 0.2) is 5.78 Å². The SMILES string of the molecule is Cn1cnc2cc(C(=O)C3(C(=O)O)CCC3)ccc21. The van der Waals surface area contributed by atoms with Crippen LogP contribution in [0.5, 0.6) is 0 Å². The molecule has 5 heteroatoms. The molecule has 3 rings (SSSR count). The van der Waals surface area contributed by atoms with Crippen molar-refractivity contribution < 1.29 is 14.7 Å². The number of carbonyl (C=O) groups excluding carboxylic acids is 1. The van der Waals surface area contributed by atoms with Crippen LogP contribution in [-0.4, -0.2) is 26.4 Å². The van der Waals surface area contributed by atoms with E-state index < -0.39 is 11.4 Å². The van der Waals surface area contributed by atoms with Crippen molar-refractivity contribution >= 4 is 22.8 Å². The second-order valence-corrected chi connectivity index (χ2v) is 5.13. The van der Waals surface area contributed by atoms with Crippen LogP contribution in [-0.2, 0) is 11.8 Å². The average molecular weight is 258 g/mol. The van der Waals surface area contributed by atoms with Crippen LogP contribution in [0.15, 0.2) is 24.5 Å². The van der Waals surface area contributed by atoms with Gasteiger partial charge in [0.25, 0.3) is 0 Å². The third-order valence-electron chi connectivity index (χ3n) is 4.04. The summed E-state index contributed by atoms with van der Waals surface area (Å²) in [4.78, 5) is 28.0. The Morgan fingerprint density at radius 1 is 1.37 bits per heavy atom. The standard InChI is InChI=1S/C14H14N2O3/c1-16-8-15-10-7-9(3-4-11(10)16)12(17)14(13(18)19)5-2-6-14/h3-4,7-8H,2,5-6H2,1H3,(H,18,19). The van der Waals surface area contributed by atoms with Gasteiger partial charge in [-0.25, -0.2) is 4.98 Å². The quantitative estimate of drug-likeness (QED) is 0.675. The lowest BCUT2D eigenvalue weighted by Crippen LogP contribution is -2.45. The smallest absolute Gasteiger partial charge is 0.317 e. The Morgan fingerprint density at radius 3 is 2.68 bits per heavy atom. The minimum Gasteiger partial charge on any atom is -0.480 e. The molecule has 1 heterocycles. The monoisotopic (exact) mass is 258 g/mol. The van der Waals surface area contributed by atoms with Crippen LogP contribution in [0.4, 0.5) is 0 Å². The lowest BCUT2D eigenvalue weighted by molar-refractivity contribution is -0.150. The molecule has 98 valence electrons. The van der Waals surface area contributed by atoms with Crippen molar-refractivity contribution in [3.05, 3.63) is 30.1 Å². The summed E-state index contributed by atoms with van der Waals surface area (Å²) in [7, 11) is 1.88. The largest absolute Gasteiger partial charge is 0.480 e. The van der Waals surface area contributed by atoms with E-state index in [9.17, 15) is 14.7 Å². The molecule has 5 nitrogen and oxygen atoms in total. The number of aromatic nitrogens is 2. The van der Waals surface area contributed by atoms with Crippen LogP contribution >= 0.6 is 0 Å². The van der Waals surface area contributed by atoms with Gasteiger partial charge in [-0.05, 0) is 31.0 Å². The molecule has 0 saturated heterocycles. The number of benzene rings is 1. The molecular weight excluding hydrogens is 244 g/mol. The van der Waals surface area contributed by atoms with E-state index in [1.807, 2.05) is 17.7 Å². The highest BCUT2D eigenvalue weighted by Gasteiger charge is 2.51. The van der Waals surface area contributed by atoms with E-state index in [2.05, 4.69) is 4.98 Å². The van der Waals surface area contributed by atoms with Gasteiger partial charge in [-0.1, -0.05) is 6.42 Å². The molecule has 1 aliphatic carbocycles. The van der Waals surface area contributed by atoms with Gasteiger partial charge in [-0.15, -0.1) is 0 Å². The highest BCUT2D eigenvalue weighted by molar-refractivity contribution is 6.13. The van der Waals surface area contributed by atoms with Gasteiger partial charge in [0.1, 0.15) is 5.41 Å². The van der Waals surface area contributed by atoms with Crippen LogP contribution in [0.1, 0.15) is 29.6 Å². The summed E-state index contributed by atoms with van der Waals surface area (Å²) in [5.41, 5.74) is 0.874. The molecule has 0 aliphatic heterocycles. The molecule has 0 amide bonds. The fourth-order valence-electron chi connectivity index (χ4n) is 2.62. The van der Waals surface area contributed by atoms with E-state index in [0.29, 0.717) is 23.9 Å². The normalized spacial score (nSPS) is 17.1. The first-order valence-electron chi connectivity index (χ1n) is 6.24. The molecule has 0 atom stereocenters. The molecule has 1 N–H and O–H groups in total. The Kier molecular flexibility index (Phi) is 2.45. The molecule has 0 unspecified atom stereocenters. The molecule has 1 aliphatic rings. The molecule has 1 aromatic carbocycles. The maximum Gasteiger partial charge on any atom is 0.317 e. The summed E-state index contributed by atoms with van der Waals surface area (Å²) >= 11 is 0. The van der Waals surface area contributed by atoms with Crippen LogP contribution in [0.2, 0.25) is 0 Å².